The smallest absolute Gasteiger partial charge is 0.337 e. The lowest BCUT2D eigenvalue weighted by atomic mass is 9.90. The van der Waals surface area contributed by atoms with Crippen molar-refractivity contribution in [1.29, 1.82) is 0 Å². The number of β-amino-alcohol motifs (C(OH)–C–C–N with tert-alkyl or cyclic N) is 1. The van der Waals surface area contributed by atoms with Crippen molar-refractivity contribution >= 4 is 17.9 Å². The zero-order chi connectivity index (χ0) is 12.9. The second-order valence-electron chi connectivity index (χ2n) is 2.88. The van der Waals surface area contributed by atoms with Crippen LogP contribution in [0.1, 0.15) is 0 Å². The van der Waals surface area contributed by atoms with Crippen LogP contribution in [0.2, 0.25) is 0 Å². The van der Waals surface area contributed by atoms with E-state index < -0.39 is 42.6 Å². The van der Waals surface area contributed by atoms with Crippen molar-refractivity contribution in [3.05, 3.63) is 0 Å². The number of hydrogen-bond donors (Lipinski definition) is 6. The van der Waals surface area contributed by atoms with Gasteiger partial charge in [0.2, 0.25) is 5.54 Å². The average Bonchev–Trinajstić information content (AvgIpc) is 2.17. The molecule has 1 unspecified atom stereocenters. The molecule has 0 aromatic rings. The molecule has 0 fully saturated rings. The van der Waals surface area contributed by atoms with Crippen LogP contribution < -0.4 is 11.1 Å². The van der Waals surface area contributed by atoms with E-state index in [0.29, 0.717) is 0 Å². The number of nitrogens with two attached hydrogens (primary N) is 1. The maximum atomic E-state index is 10.8. The van der Waals surface area contributed by atoms with Gasteiger partial charge in [0.1, 0.15) is 6.04 Å². The highest BCUT2D eigenvalue weighted by Crippen LogP contribution is 2.11. The Morgan fingerprint density at radius 3 is 1.88 bits per heavy atom. The molecule has 0 aromatic carbocycles. The molecule has 7 N–H and O–H groups in total. The molecular formula is C7H12N2O7. The average molecular weight is 236 g/mol. The quantitative estimate of drug-likeness (QED) is 0.250. The number of aliphatic carboxylic acids is 3. The predicted molar refractivity (Wildman–Crippen MR) is 48.7 cm³/mol. The number of aliphatic hydroxyl groups is 1. The summed E-state index contributed by atoms with van der Waals surface area (Å²) >= 11 is 0. The third-order valence-electron chi connectivity index (χ3n) is 1.92. The highest BCUT2D eigenvalue weighted by atomic mass is 16.4. The Morgan fingerprint density at radius 2 is 1.62 bits per heavy atom. The SMILES string of the molecule is NC(C(=O)O)C(NCCO)(C(=O)O)C(=O)O. The summed E-state index contributed by atoms with van der Waals surface area (Å²) in [5.41, 5.74) is 2.17. The summed E-state index contributed by atoms with van der Waals surface area (Å²) < 4.78 is 0. The molecule has 1 atom stereocenters. The molecule has 9 heteroatoms. The number of hydrogen-bond acceptors (Lipinski definition) is 6. The second-order valence-corrected chi connectivity index (χ2v) is 2.88. The van der Waals surface area contributed by atoms with E-state index >= 15 is 0 Å². The Hall–Kier alpha value is -1.71. The Balaban J connectivity index is 5.34. The van der Waals surface area contributed by atoms with Crippen LogP contribution in [-0.4, -0.2) is 63.1 Å². The van der Waals surface area contributed by atoms with E-state index in [0.717, 1.165) is 0 Å². The minimum absolute atomic E-state index is 0.417. The molecule has 0 aliphatic carbocycles. The van der Waals surface area contributed by atoms with Gasteiger partial charge >= 0.3 is 17.9 Å². The molecule has 0 aliphatic rings. The molecular weight excluding hydrogens is 224 g/mol. The molecule has 92 valence electrons. The van der Waals surface area contributed by atoms with Crippen LogP contribution in [0, 0.1) is 0 Å². The zero-order valence-electron chi connectivity index (χ0n) is 8.08. The van der Waals surface area contributed by atoms with Crippen molar-refractivity contribution in [2.45, 2.75) is 11.6 Å². The van der Waals surface area contributed by atoms with Gasteiger partial charge in [0.25, 0.3) is 0 Å². The van der Waals surface area contributed by atoms with Crippen LogP contribution in [0.25, 0.3) is 0 Å². The van der Waals surface area contributed by atoms with E-state index in [9.17, 15) is 14.4 Å². The van der Waals surface area contributed by atoms with Crippen LogP contribution in [0.15, 0.2) is 0 Å². The first-order valence-electron chi connectivity index (χ1n) is 4.11. The summed E-state index contributed by atoms with van der Waals surface area (Å²) in [6.45, 7) is -0.978. The maximum Gasteiger partial charge on any atom is 0.337 e. The van der Waals surface area contributed by atoms with Gasteiger partial charge in [-0.05, 0) is 0 Å². The lowest BCUT2D eigenvalue weighted by Crippen LogP contribution is -2.70. The van der Waals surface area contributed by atoms with Crippen LogP contribution in [0.5, 0.6) is 0 Å². The fraction of sp³-hybridized carbons (Fsp3) is 0.571. The Kier molecular flexibility index (Phi) is 4.82. The molecule has 0 saturated heterocycles. The number of rotatable bonds is 7. The number of nitrogens with one attached hydrogen (secondary N) is 1. The van der Waals surface area contributed by atoms with E-state index in [4.69, 9.17) is 26.2 Å². The number of carboxylic acid groups (broad SMARTS) is 3. The largest absolute Gasteiger partial charge is 0.480 e. The van der Waals surface area contributed by atoms with E-state index in [1.807, 2.05) is 5.32 Å². The summed E-state index contributed by atoms with van der Waals surface area (Å²) in [6.07, 6.45) is 0. The van der Waals surface area contributed by atoms with Gasteiger partial charge in [-0.15, -0.1) is 0 Å². The third-order valence-corrected chi connectivity index (χ3v) is 1.92. The first kappa shape index (κ1) is 14.3. The summed E-state index contributed by atoms with van der Waals surface area (Å²) in [6, 6.07) is -2.19. The van der Waals surface area contributed by atoms with Gasteiger partial charge in [0.15, 0.2) is 0 Å². The molecule has 0 saturated carbocycles. The van der Waals surface area contributed by atoms with E-state index in [2.05, 4.69) is 0 Å². The highest BCUT2D eigenvalue weighted by molar-refractivity contribution is 6.08. The fourth-order valence-electron chi connectivity index (χ4n) is 1.06. The van der Waals surface area contributed by atoms with E-state index in [-0.39, 0.29) is 0 Å². The molecule has 16 heavy (non-hydrogen) atoms. The summed E-state index contributed by atoms with van der Waals surface area (Å²) in [4.78, 5) is 32.3. The lowest BCUT2D eigenvalue weighted by Gasteiger charge is -2.28. The highest BCUT2D eigenvalue weighted by Gasteiger charge is 2.54. The molecule has 0 rings (SSSR count). The van der Waals surface area contributed by atoms with Crippen molar-refractivity contribution in [3.8, 4) is 0 Å². The number of carboxylic acids is 3. The first-order valence-corrected chi connectivity index (χ1v) is 4.11. The number of aliphatic hydroxyl groups excluding tert-OH is 1. The third kappa shape index (κ3) is 2.45. The molecule has 0 bridgehead atoms. The molecule has 0 spiro atoms. The minimum atomic E-state index is -2.87. The molecule has 9 nitrogen and oxygen atoms in total. The van der Waals surface area contributed by atoms with Crippen molar-refractivity contribution in [3.63, 3.8) is 0 Å². The predicted octanol–water partition coefficient (Wildman–Crippen LogP) is -3.11. The van der Waals surface area contributed by atoms with Gasteiger partial charge in [0, 0.05) is 6.54 Å². The van der Waals surface area contributed by atoms with Crippen LogP contribution >= 0.6 is 0 Å². The Morgan fingerprint density at radius 1 is 1.19 bits per heavy atom. The molecule has 0 radical (unpaired) electrons. The topological polar surface area (TPSA) is 170 Å². The van der Waals surface area contributed by atoms with Crippen LogP contribution in [0.3, 0.4) is 0 Å². The number of carbonyl (C=O) groups is 3. The summed E-state index contributed by atoms with van der Waals surface area (Å²) in [5.74, 6) is -5.66. The Bertz CT molecular complexity index is 289. The first-order chi connectivity index (χ1) is 7.30. The van der Waals surface area contributed by atoms with Crippen molar-refractivity contribution in [1.82, 2.24) is 5.32 Å². The van der Waals surface area contributed by atoms with Gasteiger partial charge < -0.3 is 26.2 Å². The van der Waals surface area contributed by atoms with Gasteiger partial charge in [-0.25, -0.2) is 9.59 Å². The van der Waals surface area contributed by atoms with Crippen LogP contribution in [0.4, 0.5) is 0 Å². The lowest BCUT2D eigenvalue weighted by molar-refractivity contribution is -0.165. The second kappa shape index (κ2) is 5.39. The summed E-state index contributed by atoms with van der Waals surface area (Å²) in [7, 11) is 0. The maximum absolute atomic E-state index is 10.8. The van der Waals surface area contributed by atoms with Gasteiger partial charge in [-0.1, -0.05) is 0 Å². The zero-order valence-corrected chi connectivity index (χ0v) is 8.08. The van der Waals surface area contributed by atoms with Crippen molar-refractivity contribution < 1.29 is 34.8 Å². The fourth-order valence-corrected chi connectivity index (χ4v) is 1.06. The molecule has 0 aliphatic heterocycles. The standard InChI is InChI=1S/C7H12N2O7/c8-3(4(11)12)7(5(13)14,6(15)16)9-1-2-10/h3,9-10H,1-2,8H2,(H,11,12)(H,13,14)(H,15,16). The van der Waals surface area contributed by atoms with Gasteiger partial charge in [-0.3, -0.25) is 10.1 Å². The van der Waals surface area contributed by atoms with Gasteiger partial charge in [0.05, 0.1) is 6.61 Å². The normalized spacial score (nSPS) is 13.1. The Labute approximate surface area is 89.5 Å². The van der Waals surface area contributed by atoms with Crippen molar-refractivity contribution in [2.24, 2.45) is 5.73 Å². The monoisotopic (exact) mass is 236 g/mol. The summed E-state index contributed by atoms with van der Waals surface area (Å²) in [5, 5.41) is 36.5. The van der Waals surface area contributed by atoms with E-state index in [1.54, 1.807) is 0 Å². The minimum Gasteiger partial charge on any atom is -0.480 e. The van der Waals surface area contributed by atoms with Crippen molar-refractivity contribution in [2.75, 3.05) is 13.2 Å². The van der Waals surface area contributed by atoms with Gasteiger partial charge in [-0.2, -0.15) is 0 Å². The molecule has 0 heterocycles. The molecule has 0 aromatic heterocycles. The van der Waals surface area contributed by atoms with E-state index in [1.165, 1.54) is 0 Å². The molecule has 0 amide bonds. The van der Waals surface area contributed by atoms with Crippen LogP contribution in [-0.2, 0) is 14.4 Å².